The molecule has 1 unspecified atom stereocenters. The van der Waals surface area contributed by atoms with Gasteiger partial charge in [0.25, 0.3) is 5.91 Å². The number of hydrogen-bond donors (Lipinski definition) is 0. The fourth-order valence-corrected chi connectivity index (χ4v) is 2.88. The first-order valence-electron chi connectivity index (χ1n) is 8.42. The van der Waals surface area contributed by atoms with Gasteiger partial charge in [-0.25, -0.2) is 4.79 Å². The van der Waals surface area contributed by atoms with Crippen LogP contribution in [0.1, 0.15) is 22.8 Å². The minimum atomic E-state index is -0.803. The molecule has 132 valence electrons. The molecule has 1 amide bonds. The van der Waals surface area contributed by atoms with E-state index in [9.17, 15) is 9.59 Å². The molecule has 1 aromatic heterocycles. The van der Waals surface area contributed by atoms with E-state index in [1.165, 1.54) is 24.2 Å². The van der Waals surface area contributed by atoms with E-state index >= 15 is 0 Å². The molecule has 3 rings (SSSR count). The summed E-state index contributed by atoms with van der Waals surface area (Å²) in [6.07, 6.45) is 1.90. The number of carbonyl (C=O) groups is 2. The number of nitrogens with zero attached hydrogens (tertiary/aromatic N) is 2. The Kier molecular flexibility index (Phi) is 5.50. The third-order valence-electron chi connectivity index (χ3n) is 4.32. The Morgan fingerprint density at radius 2 is 1.84 bits per heavy atom. The van der Waals surface area contributed by atoms with E-state index in [0.29, 0.717) is 18.7 Å². The molecule has 0 bridgehead atoms. The maximum atomic E-state index is 12.5. The van der Waals surface area contributed by atoms with Crippen molar-refractivity contribution in [3.8, 4) is 0 Å². The predicted molar refractivity (Wildman–Crippen MR) is 91.9 cm³/mol. The highest BCUT2D eigenvalue weighted by Gasteiger charge is 2.27. The van der Waals surface area contributed by atoms with Gasteiger partial charge in [0, 0.05) is 32.7 Å². The second-order valence-corrected chi connectivity index (χ2v) is 6.15. The number of carbonyl (C=O) groups excluding carboxylic acids is 2. The van der Waals surface area contributed by atoms with Crippen LogP contribution in [0.15, 0.2) is 53.3 Å². The Morgan fingerprint density at radius 3 is 2.48 bits per heavy atom. The zero-order chi connectivity index (χ0) is 17.6. The van der Waals surface area contributed by atoms with Gasteiger partial charge in [-0.3, -0.25) is 9.69 Å². The van der Waals surface area contributed by atoms with E-state index in [2.05, 4.69) is 17.0 Å². The number of hydrogen-bond acceptors (Lipinski definition) is 5. The van der Waals surface area contributed by atoms with E-state index in [0.717, 1.165) is 19.6 Å². The van der Waals surface area contributed by atoms with Crippen LogP contribution in [0.25, 0.3) is 0 Å². The lowest BCUT2D eigenvalue weighted by atomic mass is 10.2. The molecule has 25 heavy (non-hydrogen) atoms. The van der Waals surface area contributed by atoms with Gasteiger partial charge in [-0.15, -0.1) is 0 Å². The summed E-state index contributed by atoms with van der Waals surface area (Å²) in [7, 11) is 0. The third-order valence-corrected chi connectivity index (χ3v) is 4.32. The second-order valence-electron chi connectivity index (χ2n) is 6.15. The molecule has 0 saturated carbocycles. The molecular weight excluding hydrogens is 320 g/mol. The van der Waals surface area contributed by atoms with Crippen LogP contribution in [0, 0.1) is 0 Å². The van der Waals surface area contributed by atoms with Crippen LogP contribution in [0.2, 0.25) is 0 Å². The molecule has 2 heterocycles. The van der Waals surface area contributed by atoms with Crippen molar-refractivity contribution in [2.24, 2.45) is 0 Å². The number of esters is 1. The summed E-state index contributed by atoms with van der Waals surface area (Å²) in [6, 6.07) is 11.8. The van der Waals surface area contributed by atoms with Gasteiger partial charge in [0.1, 0.15) is 6.26 Å². The Morgan fingerprint density at radius 1 is 1.12 bits per heavy atom. The van der Waals surface area contributed by atoms with Crippen LogP contribution in [-0.4, -0.2) is 54.0 Å². The molecule has 0 N–H and O–H groups in total. The van der Waals surface area contributed by atoms with Crippen LogP contribution >= 0.6 is 0 Å². The van der Waals surface area contributed by atoms with Crippen molar-refractivity contribution in [3.63, 3.8) is 0 Å². The molecule has 1 fully saturated rings. The van der Waals surface area contributed by atoms with Crippen LogP contribution < -0.4 is 0 Å². The standard InChI is InChI=1S/C19H22N2O4/c1-15(25-19(23)17-7-12-24-14-17)18(22)21-10-8-20(9-11-21)13-16-5-3-2-4-6-16/h2-7,12,14-15H,8-11,13H2,1H3. The zero-order valence-corrected chi connectivity index (χ0v) is 14.3. The van der Waals surface area contributed by atoms with Crippen molar-refractivity contribution in [2.45, 2.75) is 19.6 Å². The molecule has 1 saturated heterocycles. The zero-order valence-electron chi connectivity index (χ0n) is 14.3. The summed E-state index contributed by atoms with van der Waals surface area (Å²) >= 11 is 0. The summed E-state index contributed by atoms with van der Waals surface area (Å²) in [4.78, 5) is 28.5. The Bertz CT molecular complexity index is 691. The van der Waals surface area contributed by atoms with E-state index in [1.807, 2.05) is 18.2 Å². The lowest BCUT2D eigenvalue weighted by molar-refractivity contribution is -0.141. The minimum absolute atomic E-state index is 0.156. The molecular formula is C19H22N2O4. The van der Waals surface area contributed by atoms with Gasteiger partial charge in [0.15, 0.2) is 6.10 Å². The Balaban J connectivity index is 1.47. The average molecular weight is 342 g/mol. The third kappa shape index (κ3) is 4.48. The maximum absolute atomic E-state index is 12.5. The van der Waals surface area contributed by atoms with Gasteiger partial charge in [-0.1, -0.05) is 30.3 Å². The first-order valence-corrected chi connectivity index (χ1v) is 8.42. The molecule has 0 aliphatic carbocycles. The molecule has 0 radical (unpaired) electrons. The average Bonchev–Trinajstić information content (AvgIpc) is 3.17. The first-order chi connectivity index (χ1) is 12.1. The molecule has 6 nitrogen and oxygen atoms in total. The van der Waals surface area contributed by atoms with Gasteiger partial charge in [-0.05, 0) is 18.6 Å². The minimum Gasteiger partial charge on any atom is -0.472 e. The molecule has 2 aromatic rings. The highest BCUT2D eigenvalue weighted by atomic mass is 16.5. The number of amides is 1. The van der Waals surface area contributed by atoms with E-state index < -0.39 is 12.1 Å². The van der Waals surface area contributed by atoms with Crippen molar-refractivity contribution in [1.29, 1.82) is 0 Å². The van der Waals surface area contributed by atoms with E-state index in [4.69, 9.17) is 9.15 Å². The topological polar surface area (TPSA) is 63.0 Å². The van der Waals surface area contributed by atoms with Gasteiger partial charge in [0.2, 0.25) is 0 Å². The van der Waals surface area contributed by atoms with Gasteiger partial charge < -0.3 is 14.1 Å². The summed E-state index contributed by atoms with van der Waals surface area (Å²) in [5.74, 6) is -0.700. The summed E-state index contributed by atoms with van der Waals surface area (Å²) < 4.78 is 10.1. The molecule has 6 heteroatoms. The van der Waals surface area contributed by atoms with E-state index in [1.54, 1.807) is 11.8 Å². The fraction of sp³-hybridized carbons (Fsp3) is 0.368. The first kappa shape index (κ1) is 17.2. The van der Waals surface area contributed by atoms with E-state index in [-0.39, 0.29) is 5.91 Å². The maximum Gasteiger partial charge on any atom is 0.342 e. The van der Waals surface area contributed by atoms with Crippen molar-refractivity contribution < 1.29 is 18.7 Å². The quantitative estimate of drug-likeness (QED) is 0.779. The van der Waals surface area contributed by atoms with Crippen LogP contribution in [0.3, 0.4) is 0 Å². The highest BCUT2D eigenvalue weighted by molar-refractivity contribution is 5.91. The largest absolute Gasteiger partial charge is 0.472 e. The molecule has 1 aromatic carbocycles. The number of piperazine rings is 1. The smallest absolute Gasteiger partial charge is 0.342 e. The number of rotatable bonds is 5. The second kappa shape index (κ2) is 7.98. The number of furan rings is 1. The van der Waals surface area contributed by atoms with Crippen LogP contribution in [0.4, 0.5) is 0 Å². The number of benzene rings is 1. The predicted octanol–water partition coefficient (Wildman–Crippen LogP) is 2.17. The molecule has 0 spiro atoms. The molecule has 1 aliphatic rings. The van der Waals surface area contributed by atoms with Gasteiger partial charge in [-0.2, -0.15) is 0 Å². The summed E-state index contributed by atoms with van der Waals surface area (Å²) in [6.45, 7) is 5.38. The summed E-state index contributed by atoms with van der Waals surface area (Å²) in [5, 5.41) is 0. The van der Waals surface area contributed by atoms with Crippen molar-refractivity contribution in [2.75, 3.05) is 26.2 Å². The Hall–Kier alpha value is -2.60. The van der Waals surface area contributed by atoms with Crippen molar-refractivity contribution >= 4 is 11.9 Å². The SMILES string of the molecule is CC(OC(=O)c1ccoc1)C(=O)N1CCN(Cc2ccccc2)CC1. The monoisotopic (exact) mass is 342 g/mol. The van der Waals surface area contributed by atoms with Crippen molar-refractivity contribution in [1.82, 2.24) is 9.80 Å². The number of ether oxygens (including phenoxy) is 1. The highest BCUT2D eigenvalue weighted by Crippen LogP contribution is 2.11. The normalized spacial score (nSPS) is 16.4. The lowest BCUT2D eigenvalue weighted by Crippen LogP contribution is -2.51. The van der Waals surface area contributed by atoms with Crippen LogP contribution in [0.5, 0.6) is 0 Å². The van der Waals surface area contributed by atoms with Crippen LogP contribution in [-0.2, 0) is 16.1 Å². The van der Waals surface area contributed by atoms with Crippen molar-refractivity contribution in [3.05, 3.63) is 60.1 Å². The van der Waals surface area contributed by atoms with Gasteiger partial charge in [0.05, 0.1) is 11.8 Å². The van der Waals surface area contributed by atoms with Gasteiger partial charge >= 0.3 is 5.97 Å². The summed E-state index contributed by atoms with van der Waals surface area (Å²) in [5.41, 5.74) is 1.58. The lowest BCUT2D eigenvalue weighted by Gasteiger charge is -2.35. The Labute approximate surface area is 147 Å². The molecule has 1 atom stereocenters. The molecule has 1 aliphatic heterocycles. The fourth-order valence-electron chi connectivity index (χ4n) is 2.88.